The minimum Gasteiger partial charge on any atom is -0.444 e. The molecule has 18 heteroatoms. The van der Waals surface area contributed by atoms with Crippen LogP contribution in [-0.4, -0.2) is 78.3 Å². The van der Waals surface area contributed by atoms with Crippen LogP contribution in [0.2, 0.25) is 0 Å². The van der Waals surface area contributed by atoms with Crippen molar-refractivity contribution < 1.29 is 53.6 Å². The number of hydrogen-bond donors (Lipinski definition) is 0. The summed E-state index contributed by atoms with van der Waals surface area (Å²) in [5.74, 6) is -2.74. The van der Waals surface area contributed by atoms with Crippen LogP contribution in [0.25, 0.3) is 27.0 Å². The van der Waals surface area contributed by atoms with Crippen LogP contribution in [0, 0.1) is 0 Å². The third-order valence-corrected chi connectivity index (χ3v) is 8.71. The van der Waals surface area contributed by atoms with E-state index in [1.807, 2.05) is 0 Å². The Bertz CT molecular complexity index is 1830. The number of amides is 1. The number of carbonyl (C=O) groups is 1. The number of halogens is 5. The van der Waals surface area contributed by atoms with Gasteiger partial charge in [-0.2, -0.15) is 26.7 Å². The average Bonchev–Trinajstić information content (AvgIpc) is 3.59. The predicted molar refractivity (Wildman–Crippen MR) is 157 cm³/mol. The molecule has 0 radical (unpaired) electrons. The number of methoxy groups -OCH3 is 1. The molecule has 250 valence electrons. The molecular formula is C28H29F5N4O7S2. The van der Waals surface area contributed by atoms with Gasteiger partial charge in [0.25, 0.3) is 5.88 Å². The van der Waals surface area contributed by atoms with Gasteiger partial charge < -0.3 is 23.3 Å². The van der Waals surface area contributed by atoms with Crippen molar-refractivity contribution in [2.45, 2.75) is 57.5 Å². The van der Waals surface area contributed by atoms with Gasteiger partial charge in [-0.15, -0.1) is 11.3 Å². The van der Waals surface area contributed by atoms with E-state index >= 15 is 4.39 Å². The topological polar surface area (TPSA) is 122 Å². The average molecular weight is 693 g/mol. The Morgan fingerprint density at radius 1 is 1.15 bits per heavy atom. The van der Waals surface area contributed by atoms with Crippen molar-refractivity contribution in [2.24, 2.45) is 0 Å². The lowest BCUT2D eigenvalue weighted by Crippen LogP contribution is -2.41. The smallest absolute Gasteiger partial charge is 0.444 e. The van der Waals surface area contributed by atoms with E-state index in [4.69, 9.17) is 14.2 Å². The van der Waals surface area contributed by atoms with Crippen molar-refractivity contribution in [3.05, 3.63) is 46.5 Å². The van der Waals surface area contributed by atoms with E-state index in [1.54, 1.807) is 20.8 Å². The number of ether oxygens (including phenoxy) is 3. The molecule has 1 amide bonds. The maximum atomic E-state index is 15.8. The summed E-state index contributed by atoms with van der Waals surface area (Å²) < 4.78 is 117. The quantitative estimate of drug-likeness (QED) is 0.119. The summed E-state index contributed by atoms with van der Waals surface area (Å²) in [6.45, 7) is 5.65. The first kappa shape index (κ1) is 33.7. The van der Waals surface area contributed by atoms with Crippen LogP contribution in [0.5, 0.6) is 5.88 Å². The maximum Gasteiger partial charge on any atom is 0.534 e. The number of allylic oxidation sites excluding steroid dienone is 2. The molecule has 0 N–H and O–H groups in total. The van der Waals surface area contributed by atoms with Crippen molar-refractivity contribution in [3.63, 3.8) is 0 Å². The molecule has 0 fully saturated rings. The summed E-state index contributed by atoms with van der Waals surface area (Å²) in [6, 6.07) is 2.91. The highest BCUT2D eigenvalue weighted by atomic mass is 32.2. The molecule has 1 aliphatic carbocycles. The summed E-state index contributed by atoms with van der Waals surface area (Å²) >= 11 is 0.809. The molecule has 1 atom stereocenters. The van der Waals surface area contributed by atoms with Crippen LogP contribution in [0.4, 0.5) is 26.7 Å². The molecule has 5 rings (SSSR count). The molecule has 46 heavy (non-hydrogen) atoms. The molecule has 0 saturated heterocycles. The van der Waals surface area contributed by atoms with Crippen molar-refractivity contribution in [1.29, 1.82) is 0 Å². The molecule has 3 aromatic heterocycles. The van der Waals surface area contributed by atoms with Crippen LogP contribution < -0.4 is 4.18 Å². The first-order valence-corrected chi connectivity index (χ1v) is 16.1. The minimum atomic E-state index is -6.16. The summed E-state index contributed by atoms with van der Waals surface area (Å²) in [4.78, 5) is 18.3. The first-order chi connectivity index (χ1) is 21.5. The zero-order valence-corrected chi connectivity index (χ0v) is 26.6. The zero-order chi connectivity index (χ0) is 33.6. The Morgan fingerprint density at radius 3 is 2.57 bits per heavy atom. The van der Waals surface area contributed by atoms with Crippen LogP contribution in [0.15, 0.2) is 35.2 Å². The van der Waals surface area contributed by atoms with Crippen LogP contribution in [0.3, 0.4) is 0 Å². The number of thiophene rings is 1. The van der Waals surface area contributed by atoms with Crippen molar-refractivity contribution >= 4 is 43.2 Å². The van der Waals surface area contributed by atoms with Gasteiger partial charge in [-0.25, -0.2) is 18.6 Å². The third kappa shape index (κ3) is 6.89. The number of fused-ring (bicyclic) bond motifs is 2. The minimum absolute atomic E-state index is 0.00359. The van der Waals surface area contributed by atoms with Gasteiger partial charge in [-0.05, 0) is 38.3 Å². The second kappa shape index (κ2) is 12.5. The number of alkyl halides is 3. The van der Waals surface area contributed by atoms with E-state index in [0.29, 0.717) is 11.8 Å². The van der Waals surface area contributed by atoms with E-state index in [2.05, 4.69) is 14.3 Å². The fraction of sp³-hybridized carbons (Fsp3) is 0.464. The second-order valence-corrected chi connectivity index (χ2v) is 13.8. The molecule has 11 nitrogen and oxygen atoms in total. The Labute approximate surface area is 264 Å². The number of nitrogens with zero attached hydrogens (tertiary/aromatic N) is 4. The van der Waals surface area contributed by atoms with Crippen LogP contribution in [0.1, 0.15) is 38.4 Å². The third-order valence-electron chi connectivity index (χ3n) is 6.86. The largest absolute Gasteiger partial charge is 0.534 e. The zero-order valence-electron chi connectivity index (χ0n) is 25.0. The molecule has 0 aromatic carbocycles. The van der Waals surface area contributed by atoms with Gasteiger partial charge in [0.2, 0.25) is 0 Å². The highest BCUT2D eigenvalue weighted by molar-refractivity contribution is 7.88. The number of pyridine rings is 1. The number of aromatic nitrogens is 3. The summed E-state index contributed by atoms with van der Waals surface area (Å²) in [5.41, 5.74) is -6.46. The molecule has 2 aliphatic rings. The van der Waals surface area contributed by atoms with E-state index < -0.39 is 51.0 Å². The summed E-state index contributed by atoms with van der Waals surface area (Å²) in [5, 5.41) is 6.03. The molecular weight excluding hydrogens is 663 g/mol. The standard InChI is InChI=1S/C28H29F5N4O7S2/c1-27(2,3)43-26(38)36-6-7-37-16(14-36)13-19(35-37)23-21(22-18(30)11-15(29)12-20(22)42-9-8-41-4)17-5-10-45-24(17)25(34-23)44-46(39,40)28(31,32)33/h5,10-11,13,20H,6-9,12,14H2,1-4H3. The summed E-state index contributed by atoms with van der Waals surface area (Å²) in [6.07, 6.45) is -1.49. The Morgan fingerprint density at radius 2 is 1.89 bits per heavy atom. The Kier molecular flexibility index (Phi) is 9.20. The Balaban J connectivity index is 1.69. The molecule has 0 spiro atoms. The van der Waals surface area contributed by atoms with E-state index in [9.17, 15) is 30.8 Å². The van der Waals surface area contributed by atoms with Crippen molar-refractivity contribution in [3.8, 4) is 17.3 Å². The van der Waals surface area contributed by atoms with Gasteiger partial charge in [-0.1, -0.05) is 0 Å². The molecule has 0 saturated carbocycles. The van der Waals surface area contributed by atoms with Crippen molar-refractivity contribution in [2.75, 3.05) is 26.9 Å². The van der Waals surface area contributed by atoms with Crippen LogP contribution in [-0.2, 0) is 37.4 Å². The maximum absolute atomic E-state index is 15.8. The fourth-order valence-corrected chi connectivity index (χ4v) is 6.24. The first-order valence-electron chi connectivity index (χ1n) is 13.8. The monoisotopic (exact) mass is 692 g/mol. The fourth-order valence-electron chi connectivity index (χ4n) is 4.94. The SMILES string of the molecule is COCCOC1CC(F)=CC(F)=C1c1c(-c2cc3n(n2)CCN(C(=O)OC(C)(C)C)C3)nc(OS(=O)(=O)C(F)(F)F)c2sccc12. The Hall–Kier alpha value is -3.61. The lowest BCUT2D eigenvalue weighted by Gasteiger charge is -2.30. The summed E-state index contributed by atoms with van der Waals surface area (Å²) in [7, 11) is -4.74. The lowest BCUT2D eigenvalue weighted by atomic mass is 9.89. The van der Waals surface area contributed by atoms with Crippen molar-refractivity contribution in [1.82, 2.24) is 19.7 Å². The lowest BCUT2D eigenvalue weighted by molar-refractivity contribution is -0.0500. The predicted octanol–water partition coefficient (Wildman–Crippen LogP) is 6.11. The molecule has 4 heterocycles. The van der Waals surface area contributed by atoms with Gasteiger partial charge in [-0.3, -0.25) is 4.68 Å². The molecule has 0 bridgehead atoms. The highest BCUT2D eigenvalue weighted by Gasteiger charge is 2.49. The van der Waals surface area contributed by atoms with Gasteiger partial charge in [0.1, 0.15) is 28.6 Å². The molecule has 1 unspecified atom stereocenters. The van der Waals surface area contributed by atoms with Gasteiger partial charge >= 0.3 is 21.7 Å². The molecule has 3 aromatic rings. The van der Waals surface area contributed by atoms with E-state index in [1.165, 1.54) is 34.2 Å². The van der Waals surface area contributed by atoms with Gasteiger partial charge in [0.05, 0.1) is 42.8 Å². The second-order valence-electron chi connectivity index (χ2n) is 11.3. The van der Waals surface area contributed by atoms with Crippen LogP contribution >= 0.6 is 11.3 Å². The van der Waals surface area contributed by atoms with E-state index in [0.717, 1.165) is 11.3 Å². The number of rotatable bonds is 8. The number of hydrogen-bond acceptors (Lipinski definition) is 10. The van der Waals surface area contributed by atoms with Gasteiger partial charge in [0.15, 0.2) is 0 Å². The molecule has 1 aliphatic heterocycles. The highest BCUT2D eigenvalue weighted by Crippen LogP contribution is 2.46. The normalized spacial score (nSPS) is 17.7. The van der Waals surface area contributed by atoms with E-state index in [-0.39, 0.29) is 71.9 Å². The number of carbonyl (C=O) groups excluding carboxylic acids is 1. The van der Waals surface area contributed by atoms with Gasteiger partial charge in [0, 0.05) is 42.7 Å².